The Balaban J connectivity index is 2.34. The molecule has 3 heteroatoms. The van der Waals surface area contributed by atoms with Crippen LogP contribution in [-0.2, 0) is 18.3 Å². The number of nitrogens with one attached hydrogen (secondary N) is 1. The van der Waals surface area contributed by atoms with Gasteiger partial charge < -0.3 is 4.98 Å². The van der Waals surface area contributed by atoms with Crippen molar-refractivity contribution < 1.29 is 0 Å². The number of fused-ring (bicyclic) bond motifs is 1. The summed E-state index contributed by atoms with van der Waals surface area (Å²) in [6.45, 7) is 11.4. The molecule has 1 heterocycles. The van der Waals surface area contributed by atoms with Crippen LogP contribution in [0.25, 0.3) is 0 Å². The Morgan fingerprint density at radius 3 is 2.56 bits per heavy atom. The summed E-state index contributed by atoms with van der Waals surface area (Å²) in [5.74, 6) is 1.88. The molecule has 0 radical (unpaired) electrons. The lowest BCUT2D eigenvalue weighted by Crippen LogP contribution is -2.22. The predicted molar refractivity (Wildman–Crippen MR) is 80.0 cm³/mol. The van der Waals surface area contributed by atoms with E-state index in [1.807, 2.05) is 0 Å². The smallest absolute Gasteiger partial charge is 0.111 e. The van der Waals surface area contributed by atoms with E-state index in [0.717, 1.165) is 24.6 Å². The summed E-state index contributed by atoms with van der Waals surface area (Å²) in [6.07, 6.45) is 4.89. The number of imidazole rings is 1. The van der Waals surface area contributed by atoms with Gasteiger partial charge in [0.25, 0.3) is 0 Å². The van der Waals surface area contributed by atoms with Gasteiger partial charge in [0.05, 0.1) is 5.69 Å². The number of H-pyrrole nitrogens is 1. The van der Waals surface area contributed by atoms with E-state index in [9.17, 15) is 0 Å². The van der Waals surface area contributed by atoms with Gasteiger partial charge in [0.15, 0.2) is 0 Å². The van der Waals surface area contributed by atoms with E-state index in [2.05, 4.69) is 47.4 Å². The Hall–Kier alpha value is -0.725. The lowest BCUT2D eigenvalue weighted by molar-refractivity contribution is 0.378. The zero-order valence-corrected chi connectivity index (χ0v) is 12.9. The normalized spacial score (nSPS) is 25.0. The molecule has 0 bridgehead atoms. The SMILES string of the molecule is BC1(C(C)C)CCCc2nc(C(C)(C)C)[nH]c2C1. The fourth-order valence-electron chi connectivity index (χ4n) is 2.80. The lowest BCUT2D eigenvalue weighted by Gasteiger charge is -2.32. The molecule has 1 aliphatic carbocycles. The Bertz CT molecular complexity index is 428. The predicted octanol–water partition coefficient (Wildman–Crippen LogP) is 3.03. The van der Waals surface area contributed by atoms with Gasteiger partial charge in [-0.2, -0.15) is 0 Å². The van der Waals surface area contributed by atoms with Crippen LogP contribution in [0.4, 0.5) is 0 Å². The molecule has 0 fully saturated rings. The van der Waals surface area contributed by atoms with Crippen molar-refractivity contribution in [3.8, 4) is 0 Å². The van der Waals surface area contributed by atoms with E-state index < -0.39 is 0 Å². The molecule has 0 saturated carbocycles. The Morgan fingerprint density at radius 2 is 2.00 bits per heavy atom. The summed E-state index contributed by atoms with van der Waals surface area (Å²) in [6, 6.07) is 0. The molecule has 1 N–H and O–H groups in total. The first-order valence-electron chi connectivity index (χ1n) is 7.30. The zero-order chi connectivity index (χ0) is 13.6. The first-order chi connectivity index (χ1) is 8.22. The van der Waals surface area contributed by atoms with E-state index >= 15 is 0 Å². The zero-order valence-electron chi connectivity index (χ0n) is 12.9. The van der Waals surface area contributed by atoms with Crippen molar-refractivity contribution in [2.24, 2.45) is 5.92 Å². The van der Waals surface area contributed by atoms with Crippen LogP contribution in [0, 0.1) is 5.92 Å². The topological polar surface area (TPSA) is 28.7 Å². The Morgan fingerprint density at radius 1 is 1.33 bits per heavy atom. The van der Waals surface area contributed by atoms with Crippen LogP contribution < -0.4 is 0 Å². The Labute approximate surface area is 112 Å². The van der Waals surface area contributed by atoms with Crippen LogP contribution in [-0.4, -0.2) is 17.8 Å². The fraction of sp³-hybridized carbons (Fsp3) is 0.800. The van der Waals surface area contributed by atoms with Gasteiger partial charge in [0, 0.05) is 11.1 Å². The standard InChI is InChI=1S/C15H27BN2/c1-10(2)15(16)8-6-7-11-12(9-15)18-13(17-11)14(3,4)5/h10H,6-9,16H2,1-5H3,(H,17,18). The molecule has 1 aromatic heterocycles. The largest absolute Gasteiger partial charge is 0.345 e. The Kier molecular flexibility index (Phi) is 3.37. The van der Waals surface area contributed by atoms with Gasteiger partial charge in [0.1, 0.15) is 13.7 Å². The average Bonchev–Trinajstić information content (AvgIpc) is 2.54. The van der Waals surface area contributed by atoms with Crippen molar-refractivity contribution in [1.29, 1.82) is 0 Å². The lowest BCUT2D eigenvalue weighted by atomic mass is 9.57. The second-order valence-electron chi connectivity index (χ2n) is 7.60. The van der Waals surface area contributed by atoms with E-state index in [0.29, 0.717) is 5.31 Å². The molecule has 0 amide bonds. The monoisotopic (exact) mass is 246 g/mol. The first kappa shape index (κ1) is 13.7. The van der Waals surface area contributed by atoms with E-state index in [-0.39, 0.29) is 5.41 Å². The van der Waals surface area contributed by atoms with Gasteiger partial charge in [-0.25, -0.2) is 4.98 Å². The van der Waals surface area contributed by atoms with Crippen LogP contribution in [0.1, 0.15) is 64.7 Å². The summed E-state index contributed by atoms with van der Waals surface area (Å²) in [5.41, 5.74) is 2.85. The quantitative estimate of drug-likeness (QED) is 0.598. The van der Waals surface area contributed by atoms with E-state index in [1.165, 1.54) is 24.2 Å². The molecule has 1 aromatic rings. The molecular formula is C15H27BN2. The number of aromatic amines is 1. The number of aromatic nitrogens is 2. The van der Waals surface area contributed by atoms with Gasteiger partial charge in [-0.05, 0) is 25.2 Å². The van der Waals surface area contributed by atoms with Crippen LogP contribution >= 0.6 is 0 Å². The molecule has 2 nitrogen and oxygen atoms in total. The van der Waals surface area contributed by atoms with Gasteiger partial charge in [-0.15, -0.1) is 0 Å². The molecule has 1 unspecified atom stereocenters. The van der Waals surface area contributed by atoms with Crippen molar-refractivity contribution in [1.82, 2.24) is 9.97 Å². The third-order valence-electron chi connectivity index (χ3n) is 4.71. The molecule has 1 aliphatic rings. The number of hydrogen-bond donors (Lipinski definition) is 1. The fourth-order valence-corrected chi connectivity index (χ4v) is 2.80. The number of rotatable bonds is 1. The molecule has 0 aliphatic heterocycles. The third-order valence-corrected chi connectivity index (χ3v) is 4.71. The van der Waals surface area contributed by atoms with Crippen molar-refractivity contribution >= 4 is 7.85 Å². The maximum atomic E-state index is 4.85. The molecule has 0 aromatic carbocycles. The van der Waals surface area contributed by atoms with Crippen LogP contribution in [0.3, 0.4) is 0 Å². The molecule has 2 rings (SSSR count). The summed E-state index contributed by atoms with van der Waals surface area (Å²) in [7, 11) is 2.43. The van der Waals surface area contributed by atoms with Gasteiger partial charge in [-0.1, -0.05) is 46.4 Å². The molecular weight excluding hydrogens is 219 g/mol. The van der Waals surface area contributed by atoms with Gasteiger partial charge >= 0.3 is 0 Å². The highest BCUT2D eigenvalue weighted by Gasteiger charge is 2.33. The minimum absolute atomic E-state index is 0.125. The summed E-state index contributed by atoms with van der Waals surface area (Å²) < 4.78 is 0. The summed E-state index contributed by atoms with van der Waals surface area (Å²) in [5, 5.41) is 0.424. The van der Waals surface area contributed by atoms with Crippen molar-refractivity contribution in [2.75, 3.05) is 0 Å². The molecule has 1 atom stereocenters. The number of aryl methyl sites for hydroxylation is 1. The highest BCUT2D eigenvalue weighted by atomic mass is 15.0. The van der Waals surface area contributed by atoms with Crippen LogP contribution in [0.5, 0.6) is 0 Å². The van der Waals surface area contributed by atoms with E-state index in [1.54, 1.807) is 0 Å². The highest BCUT2D eigenvalue weighted by Crippen LogP contribution is 2.43. The van der Waals surface area contributed by atoms with Crippen molar-refractivity contribution in [3.63, 3.8) is 0 Å². The van der Waals surface area contributed by atoms with Crippen molar-refractivity contribution in [3.05, 3.63) is 17.2 Å². The summed E-state index contributed by atoms with van der Waals surface area (Å²) >= 11 is 0. The average molecular weight is 246 g/mol. The van der Waals surface area contributed by atoms with Crippen LogP contribution in [0.15, 0.2) is 0 Å². The molecule has 18 heavy (non-hydrogen) atoms. The summed E-state index contributed by atoms with van der Waals surface area (Å²) in [4.78, 5) is 8.46. The van der Waals surface area contributed by atoms with Gasteiger partial charge in [0.2, 0.25) is 0 Å². The van der Waals surface area contributed by atoms with Crippen molar-refractivity contribution in [2.45, 2.75) is 71.0 Å². The minimum Gasteiger partial charge on any atom is -0.345 e. The van der Waals surface area contributed by atoms with Gasteiger partial charge in [-0.3, -0.25) is 0 Å². The number of nitrogens with zero attached hydrogens (tertiary/aromatic N) is 1. The maximum Gasteiger partial charge on any atom is 0.111 e. The van der Waals surface area contributed by atoms with Crippen LogP contribution in [0.2, 0.25) is 5.31 Å². The second kappa shape index (κ2) is 4.43. The van der Waals surface area contributed by atoms with E-state index in [4.69, 9.17) is 4.98 Å². The highest BCUT2D eigenvalue weighted by molar-refractivity contribution is 6.15. The number of hydrogen-bond acceptors (Lipinski definition) is 1. The first-order valence-corrected chi connectivity index (χ1v) is 7.30. The molecule has 100 valence electrons. The molecule has 0 saturated heterocycles. The maximum absolute atomic E-state index is 4.85. The second-order valence-corrected chi connectivity index (χ2v) is 7.60. The minimum atomic E-state index is 0.125. The molecule has 0 spiro atoms. The third kappa shape index (κ3) is 2.50.